The molecule has 0 fully saturated rings. The summed E-state index contributed by atoms with van der Waals surface area (Å²) in [6.07, 6.45) is 3.78. The van der Waals surface area contributed by atoms with Gasteiger partial charge in [0.2, 0.25) is 0 Å². The van der Waals surface area contributed by atoms with Gasteiger partial charge in [-0.3, -0.25) is 0 Å². The van der Waals surface area contributed by atoms with Crippen molar-refractivity contribution in [1.82, 2.24) is 4.90 Å². The third kappa shape index (κ3) is 3.75. The van der Waals surface area contributed by atoms with Gasteiger partial charge in [0.1, 0.15) is 0 Å². The van der Waals surface area contributed by atoms with E-state index in [0.29, 0.717) is 5.88 Å². The zero-order valence-electron chi connectivity index (χ0n) is 13.1. The number of hydrogen-bond donors (Lipinski definition) is 1. The lowest BCUT2D eigenvalue weighted by Gasteiger charge is -2.34. The van der Waals surface area contributed by atoms with Crippen LogP contribution in [0.2, 0.25) is 0 Å². The highest BCUT2D eigenvalue weighted by atomic mass is 35.5. The fourth-order valence-electron chi connectivity index (χ4n) is 2.91. The molecule has 2 nitrogen and oxygen atoms in total. The smallest absolute Gasteiger partial charge is 0.0426 e. The van der Waals surface area contributed by atoms with Crippen LogP contribution in [-0.4, -0.2) is 38.0 Å². The van der Waals surface area contributed by atoms with Crippen molar-refractivity contribution in [2.45, 2.75) is 5.92 Å². The summed E-state index contributed by atoms with van der Waals surface area (Å²) in [6, 6.07) is 8.48. The maximum absolute atomic E-state index is 6.44. The average Bonchev–Trinajstić information content (AvgIpc) is 2.54. The molecule has 0 radical (unpaired) electrons. The van der Waals surface area contributed by atoms with Crippen LogP contribution in [0.4, 0.5) is 5.69 Å². The number of benzene rings is 1. The lowest BCUT2D eigenvalue weighted by Crippen LogP contribution is -2.33. The standard InChI is InChI=1S/C18H22Cl2N2/c1-4-15-16(13-6-5-7-14(10-13)21-2)11-22(3)12-17(15)18(20)8-9-19/h4-8,10,16,21H,1,9,11-12H2,2-3H3/b18-8+. The number of rotatable bonds is 5. The summed E-state index contributed by atoms with van der Waals surface area (Å²) in [7, 11) is 4.04. The fraction of sp³-hybridized carbons (Fsp3) is 0.333. The summed E-state index contributed by atoms with van der Waals surface area (Å²) >= 11 is 12.2. The first kappa shape index (κ1) is 17.1. The Morgan fingerprint density at radius 2 is 2.27 bits per heavy atom. The molecule has 0 bridgehead atoms. The Bertz CT molecular complexity index is 605. The number of anilines is 1. The maximum Gasteiger partial charge on any atom is 0.0426 e. The van der Waals surface area contributed by atoms with E-state index in [-0.39, 0.29) is 5.92 Å². The predicted molar refractivity (Wildman–Crippen MR) is 98.1 cm³/mol. The maximum atomic E-state index is 6.44. The Labute approximate surface area is 143 Å². The van der Waals surface area contributed by atoms with E-state index < -0.39 is 0 Å². The highest BCUT2D eigenvalue weighted by molar-refractivity contribution is 6.32. The normalized spacial score (nSPS) is 20.2. The van der Waals surface area contributed by atoms with Gasteiger partial charge in [0.15, 0.2) is 0 Å². The number of likely N-dealkylation sites (N-methyl/N-ethyl adjacent to an activating group) is 1. The van der Waals surface area contributed by atoms with Crippen LogP contribution in [0, 0.1) is 0 Å². The number of nitrogens with zero attached hydrogens (tertiary/aromatic N) is 1. The van der Waals surface area contributed by atoms with Crippen LogP contribution in [0.15, 0.2) is 59.2 Å². The van der Waals surface area contributed by atoms with Crippen molar-refractivity contribution >= 4 is 28.9 Å². The average molecular weight is 337 g/mol. The first-order valence-corrected chi connectivity index (χ1v) is 8.25. The van der Waals surface area contributed by atoms with E-state index in [1.54, 1.807) is 0 Å². The van der Waals surface area contributed by atoms with Crippen molar-refractivity contribution in [2.24, 2.45) is 0 Å². The second-order valence-electron chi connectivity index (χ2n) is 5.47. The highest BCUT2D eigenvalue weighted by Gasteiger charge is 2.26. The van der Waals surface area contributed by atoms with Crippen molar-refractivity contribution in [1.29, 1.82) is 0 Å². The molecule has 22 heavy (non-hydrogen) atoms. The predicted octanol–water partition coefficient (Wildman–Crippen LogP) is 4.60. The zero-order chi connectivity index (χ0) is 16.1. The van der Waals surface area contributed by atoms with Gasteiger partial charge >= 0.3 is 0 Å². The summed E-state index contributed by atoms with van der Waals surface area (Å²) in [5.41, 5.74) is 4.68. The van der Waals surface area contributed by atoms with E-state index >= 15 is 0 Å². The van der Waals surface area contributed by atoms with Crippen molar-refractivity contribution in [3.8, 4) is 0 Å². The summed E-state index contributed by atoms with van der Waals surface area (Å²) in [4.78, 5) is 2.28. The van der Waals surface area contributed by atoms with Crippen molar-refractivity contribution in [2.75, 3.05) is 38.4 Å². The van der Waals surface area contributed by atoms with Gasteiger partial charge in [0.25, 0.3) is 0 Å². The number of allylic oxidation sites excluding steroid dienone is 2. The zero-order valence-corrected chi connectivity index (χ0v) is 14.6. The van der Waals surface area contributed by atoms with E-state index in [9.17, 15) is 0 Å². The topological polar surface area (TPSA) is 15.3 Å². The van der Waals surface area contributed by atoms with Crippen LogP contribution in [-0.2, 0) is 0 Å². The molecule has 118 valence electrons. The van der Waals surface area contributed by atoms with Gasteiger partial charge in [-0.2, -0.15) is 0 Å². The third-order valence-corrected chi connectivity index (χ3v) is 4.53. The van der Waals surface area contributed by atoms with Gasteiger partial charge in [0.05, 0.1) is 0 Å². The summed E-state index contributed by atoms with van der Waals surface area (Å²) in [5.74, 6) is 0.674. The van der Waals surface area contributed by atoms with Crippen LogP contribution < -0.4 is 5.32 Å². The molecule has 0 aromatic heterocycles. The molecule has 1 aliphatic rings. The quantitative estimate of drug-likeness (QED) is 0.790. The third-order valence-electron chi connectivity index (χ3n) is 3.99. The van der Waals surface area contributed by atoms with E-state index in [2.05, 4.69) is 48.1 Å². The molecule has 0 spiro atoms. The Morgan fingerprint density at radius 1 is 1.50 bits per heavy atom. The van der Waals surface area contributed by atoms with Crippen LogP contribution in [0.25, 0.3) is 0 Å². The number of nitrogens with one attached hydrogen (secondary N) is 1. The SMILES string of the molecule is C=CC1=C(/C(Cl)=C\CCl)CN(C)CC1c1cccc(NC)c1. The molecule has 1 aromatic rings. The fourth-order valence-corrected chi connectivity index (χ4v) is 3.39. The van der Waals surface area contributed by atoms with E-state index in [4.69, 9.17) is 23.2 Å². The minimum absolute atomic E-state index is 0.261. The number of hydrogen-bond acceptors (Lipinski definition) is 2. The molecule has 1 N–H and O–H groups in total. The molecule has 0 amide bonds. The molecule has 1 aromatic carbocycles. The molecule has 1 aliphatic heterocycles. The second-order valence-corrected chi connectivity index (χ2v) is 6.18. The van der Waals surface area contributed by atoms with Gasteiger partial charge < -0.3 is 10.2 Å². The molecule has 4 heteroatoms. The molecule has 0 saturated heterocycles. The molecule has 0 saturated carbocycles. The molecular formula is C18H22Cl2N2. The van der Waals surface area contributed by atoms with Gasteiger partial charge in [-0.05, 0) is 35.9 Å². The minimum atomic E-state index is 0.261. The highest BCUT2D eigenvalue weighted by Crippen LogP contribution is 2.36. The van der Waals surface area contributed by atoms with E-state index in [1.807, 2.05) is 19.2 Å². The van der Waals surface area contributed by atoms with Crippen LogP contribution >= 0.6 is 23.2 Å². The Kier molecular flexibility index (Phi) is 6.13. The molecule has 2 rings (SSSR count). The molecule has 0 aliphatic carbocycles. The minimum Gasteiger partial charge on any atom is -0.388 e. The molecule has 1 unspecified atom stereocenters. The van der Waals surface area contributed by atoms with Crippen LogP contribution in [0.3, 0.4) is 0 Å². The Hall–Kier alpha value is -1.22. The molecule has 1 atom stereocenters. The van der Waals surface area contributed by atoms with Gasteiger partial charge in [0, 0.05) is 42.7 Å². The van der Waals surface area contributed by atoms with Crippen molar-refractivity contribution < 1.29 is 0 Å². The second kappa shape index (κ2) is 7.87. The van der Waals surface area contributed by atoms with Crippen molar-refractivity contribution in [3.05, 3.63) is 64.7 Å². The summed E-state index contributed by atoms with van der Waals surface area (Å²) in [5, 5.41) is 3.92. The largest absolute Gasteiger partial charge is 0.388 e. The monoisotopic (exact) mass is 336 g/mol. The molecular weight excluding hydrogens is 315 g/mol. The first-order chi connectivity index (χ1) is 10.6. The molecule has 1 heterocycles. The summed E-state index contributed by atoms with van der Waals surface area (Å²) in [6.45, 7) is 5.77. The Morgan fingerprint density at radius 3 is 2.91 bits per heavy atom. The van der Waals surface area contributed by atoms with Crippen molar-refractivity contribution in [3.63, 3.8) is 0 Å². The van der Waals surface area contributed by atoms with Crippen LogP contribution in [0.1, 0.15) is 11.5 Å². The number of alkyl halides is 1. The lowest BCUT2D eigenvalue weighted by molar-refractivity contribution is 0.332. The summed E-state index contributed by atoms with van der Waals surface area (Å²) < 4.78 is 0. The van der Waals surface area contributed by atoms with Gasteiger partial charge in [-0.1, -0.05) is 42.5 Å². The van der Waals surface area contributed by atoms with Gasteiger partial charge in [-0.15, -0.1) is 11.6 Å². The van der Waals surface area contributed by atoms with Gasteiger partial charge in [-0.25, -0.2) is 0 Å². The van der Waals surface area contributed by atoms with E-state index in [1.165, 1.54) is 11.1 Å². The van der Waals surface area contributed by atoms with E-state index in [0.717, 1.165) is 29.4 Å². The lowest BCUT2D eigenvalue weighted by atomic mass is 9.84. The van der Waals surface area contributed by atoms with Crippen LogP contribution in [0.5, 0.6) is 0 Å². The number of halogens is 2. The Balaban J connectivity index is 2.50. The first-order valence-electron chi connectivity index (χ1n) is 7.34.